The monoisotopic (exact) mass is 247 g/mol. The van der Waals surface area contributed by atoms with E-state index in [2.05, 4.69) is 0 Å². The molecular formula is C10H11Cl2NO2. The van der Waals surface area contributed by atoms with Crippen molar-refractivity contribution < 1.29 is 9.53 Å². The predicted octanol–water partition coefficient (Wildman–Crippen LogP) is 3.54. The molecule has 5 heteroatoms. The summed E-state index contributed by atoms with van der Waals surface area (Å²) in [7, 11) is 0. The molecule has 0 radical (unpaired) electrons. The fourth-order valence-electron chi connectivity index (χ4n) is 1.27. The Morgan fingerprint density at radius 2 is 2.20 bits per heavy atom. The molecule has 0 heterocycles. The molecule has 0 spiro atoms. The molecule has 1 unspecified atom stereocenters. The first kappa shape index (κ1) is 12.1. The van der Waals surface area contributed by atoms with Gasteiger partial charge >= 0.3 is 6.09 Å². The molecule has 0 aliphatic carbocycles. The SMILES string of the molecule is CCC(OC(N)=O)c1ccc(Cl)cc1Cl. The number of ether oxygens (including phenoxy) is 1. The van der Waals surface area contributed by atoms with Crippen molar-refractivity contribution in [3.63, 3.8) is 0 Å². The molecule has 1 aromatic carbocycles. The number of carbonyl (C=O) groups excluding carboxylic acids is 1. The highest BCUT2D eigenvalue weighted by molar-refractivity contribution is 6.35. The summed E-state index contributed by atoms with van der Waals surface area (Å²) in [5, 5.41) is 1.01. The predicted molar refractivity (Wildman–Crippen MR) is 60.2 cm³/mol. The number of rotatable bonds is 3. The molecule has 82 valence electrons. The number of hydrogen-bond acceptors (Lipinski definition) is 2. The Labute approximate surface area is 98.1 Å². The summed E-state index contributed by atoms with van der Waals surface area (Å²) < 4.78 is 4.92. The van der Waals surface area contributed by atoms with E-state index in [-0.39, 0.29) is 0 Å². The second-order valence-corrected chi connectivity index (χ2v) is 3.84. The topological polar surface area (TPSA) is 52.3 Å². The van der Waals surface area contributed by atoms with Crippen LogP contribution >= 0.6 is 23.2 Å². The third-order valence-electron chi connectivity index (χ3n) is 1.94. The molecule has 0 fully saturated rings. The molecular weight excluding hydrogens is 237 g/mol. The van der Waals surface area contributed by atoms with Gasteiger partial charge in [0.1, 0.15) is 6.10 Å². The van der Waals surface area contributed by atoms with Gasteiger partial charge in [0.25, 0.3) is 0 Å². The third-order valence-corrected chi connectivity index (χ3v) is 2.50. The van der Waals surface area contributed by atoms with Gasteiger partial charge in [0.15, 0.2) is 0 Å². The van der Waals surface area contributed by atoms with Gasteiger partial charge < -0.3 is 10.5 Å². The number of benzene rings is 1. The van der Waals surface area contributed by atoms with E-state index in [4.69, 9.17) is 33.7 Å². The van der Waals surface area contributed by atoms with Gasteiger partial charge in [-0.1, -0.05) is 36.2 Å². The van der Waals surface area contributed by atoms with E-state index in [0.29, 0.717) is 22.0 Å². The summed E-state index contributed by atoms with van der Waals surface area (Å²) in [6.07, 6.45) is -0.635. The largest absolute Gasteiger partial charge is 0.441 e. The van der Waals surface area contributed by atoms with Crippen LogP contribution in [0, 0.1) is 0 Å². The Balaban J connectivity index is 2.96. The number of nitrogens with two attached hydrogens (primary N) is 1. The summed E-state index contributed by atoms with van der Waals surface area (Å²) in [6.45, 7) is 1.87. The molecule has 2 N–H and O–H groups in total. The molecule has 0 aromatic heterocycles. The number of halogens is 2. The molecule has 0 bridgehead atoms. The van der Waals surface area contributed by atoms with Crippen molar-refractivity contribution >= 4 is 29.3 Å². The van der Waals surface area contributed by atoms with Crippen LogP contribution in [0.25, 0.3) is 0 Å². The molecule has 0 saturated heterocycles. The van der Waals surface area contributed by atoms with E-state index in [1.165, 1.54) is 0 Å². The second kappa shape index (κ2) is 5.24. The zero-order valence-corrected chi connectivity index (χ0v) is 9.68. The van der Waals surface area contributed by atoms with Crippen molar-refractivity contribution in [1.82, 2.24) is 0 Å². The lowest BCUT2D eigenvalue weighted by Crippen LogP contribution is -2.17. The van der Waals surface area contributed by atoms with Gasteiger partial charge in [0, 0.05) is 15.6 Å². The smallest absolute Gasteiger partial charge is 0.405 e. The Bertz CT molecular complexity index is 368. The zero-order chi connectivity index (χ0) is 11.4. The molecule has 1 aromatic rings. The van der Waals surface area contributed by atoms with Crippen LogP contribution < -0.4 is 5.73 Å². The molecule has 0 aliphatic heterocycles. The van der Waals surface area contributed by atoms with E-state index in [0.717, 1.165) is 0 Å². The standard InChI is InChI=1S/C10H11Cl2NO2/c1-2-9(15-10(13)14)7-4-3-6(11)5-8(7)12/h3-5,9H,2H2,1H3,(H2,13,14). The van der Waals surface area contributed by atoms with Crippen LogP contribution in [0.3, 0.4) is 0 Å². The Kier molecular flexibility index (Phi) is 4.24. The van der Waals surface area contributed by atoms with Gasteiger partial charge in [0.2, 0.25) is 0 Å². The van der Waals surface area contributed by atoms with Gasteiger partial charge in [-0.25, -0.2) is 4.79 Å². The van der Waals surface area contributed by atoms with Crippen molar-refractivity contribution in [1.29, 1.82) is 0 Å². The molecule has 1 atom stereocenters. The van der Waals surface area contributed by atoms with Crippen LogP contribution in [0.2, 0.25) is 10.0 Å². The Hall–Kier alpha value is -0.930. The normalized spacial score (nSPS) is 12.2. The van der Waals surface area contributed by atoms with Gasteiger partial charge in [-0.2, -0.15) is 0 Å². The maximum absolute atomic E-state index is 10.7. The summed E-state index contributed by atoms with van der Waals surface area (Å²) in [5.41, 5.74) is 5.67. The van der Waals surface area contributed by atoms with E-state index < -0.39 is 12.2 Å². The van der Waals surface area contributed by atoms with Crippen molar-refractivity contribution in [2.45, 2.75) is 19.4 Å². The van der Waals surface area contributed by atoms with Gasteiger partial charge in [-0.3, -0.25) is 0 Å². The number of carbonyl (C=O) groups is 1. The van der Waals surface area contributed by atoms with Crippen LogP contribution in [0.4, 0.5) is 4.79 Å². The second-order valence-electron chi connectivity index (χ2n) is 3.00. The maximum Gasteiger partial charge on any atom is 0.405 e. The van der Waals surface area contributed by atoms with Crippen LogP contribution in [0.5, 0.6) is 0 Å². The fraction of sp³-hybridized carbons (Fsp3) is 0.300. The van der Waals surface area contributed by atoms with Crippen molar-refractivity contribution in [2.24, 2.45) is 5.73 Å². The highest BCUT2D eigenvalue weighted by atomic mass is 35.5. The zero-order valence-electron chi connectivity index (χ0n) is 8.17. The lowest BCUT2D eigenvalue weighted by atomic mass is 10.1. The van der Waals surface area contributed by atoms with Crippen LogP contribution in [0.1, 0.15) is 25.0 Å². The summed E-state index contributed by atoms with van der Waals surface area (Å²) in [4.78, 5) is 10.7. The lowest BCUT2D eigenvalue weighted by Gasteiger charge is -2.16. The number of hydrogen-bond donors (Lipinski definition) is 1. The summed E-state index contributed by atoms with van der Waals surface area (Å²) >= 11 is 11.7. The highest BCUT2D eigenvalue weighted by Gasteiger charge is 2.16. The quantitative estimate of drug-likeness (QED) is 0.889. The summed E-state index contributed by atoms with van der Waals surface area (Å²) in [6, 6.07) is 5.02. The molecule has 3 nitrogen and oxygen atoms in total. The number of amides is 1. The van der Waals surface area contributed by atoms with E-state index in [1.54, 1.807) is 18.2 Å². The highest BCUT2D eigenvalue weighted by Crippen LogP contribution is 2.30. The van der Waals surface area contributed by atoms with Crippen molar-refractivity contribution in [3.05, 3.63) is 33.8 Å². The first-order valence-corrected chi connectivity index (χ1v) is 5.21. The van der Waals surface area contributed by atoms with Gasteiger partial charge in [-0.05, 0) is 18.6 Å². The third kappa shape index (κ3) is 3.29. The van der Waals surface area contributed by atoms with Gasteiger partial charge in [0.05, 0.1) is 0 Å². The molecule has 0 aliphatic rings. The molecule has 1 amide bonds. The van der Waals surface area contributed by atoms with Crippen LogP contribution in [-0.2, 0) is 4.74 Å². The Morgan fingerprint density at radius 1 is 1.53 bits per heavy atom. The first-order chi connectivity index (χ1) is 7.04. The van der Waals surface area contributed by atoms with Crippen molar-refractivity contribution in [2.75, 3.05) is 0 Å². The van der Waals surface area contributed by atoms with E-state index in [1.807, 2.05) is 6.92 Å². The van der Waals surface area contributed by atoms with Crippen LogP contribution in [0.15, 0.2) is 18.2 Å². The van der Waals surface area contributed by atoms with E-state index >= 15 is 0 Å². The average molecular weight is 248 g/mol. The van der Waals surface area contributed by atoms with Gasteiger partial charge in [-0.15, -0.1) is 0 Å². The van der Waals surface area contributed by atoms with Crippen LogP contribution in [-0.4, -0.2) is 6.09 Å². The first-order valence-electron chi connectivity index (χ1n) is 4.45. The molecule has 15 heavy (non-hydrogen) atoms. The van der Waals surface area contributed by atoms with Crippen molar-refractivity contribution in [3.8, 4) is 0 Å². The minimum absolute atomic E-state index is 0.424. The maximum atomic E-state index is 10.7. The Morgan fingerprint density at radius 3 is 2.67 bits per heavy atom. The average Bonchev–Trinajstić information content (AvgIpc) is 2.14. The minimum Gasteiger partial charge on any atom is -0.441 e. The molecule has 1 rings (SSSR count). The number of primary amides is 1. The summed E-state index contributed by atoms with van der Waals surface area (Å²) in [5.74, 6) is 0. The van der Waals surface area contributed by atoms with E-state index in [9.17, 15) is 4.79 Å². The molecule has 0 saturated carbocycles. The minimum atomic E-state index is -0.812. The fourth-order valence-corrected chi connectivity index (χ4v) is 1.80. The lowest BCUT2D eigenvalue weighted by molar-refractivity contribution is 0.104.